The van der Waals surface area contributed by atoms with Crippen molar-refractivity contribution >= 4 is 5.78 Å². The highest BCUT2D eigenvalue weighted by atomic mass is 16.5. The maximum atomic E-state index is 11.5. The van der Waals surface area contributed by atoms with Crippen molar-refractivity contribution in [2.75, 3.05) is 13.2 Å². The first-order valence-electron chi connectivity index (χ1n) is 5.46. The molecule has 0 N–H and O–H groups in total. The van der Waals surface area contributed by atoms with Crippen LogP contribution >= 0.6 is 0 Å². The summed E-state index contributed by atoms with van der Waals surface area (Å²) in [6.45, 7) is 1.34. The molecule has 1 aliphatic carbocycles. The fraction of sp³-hybridized carbons (Fsp3) is 0.909. The molecule has 2 heteroatoms. The summed E-state index contributed by atoms with van der Waals surface area (Å²) in [5, 5.41) is 0. The van der Waals surface area contributed by atoms with Gasteiger partial charge in [0.2, 0.25) is 0 Å². The first-order valence-corrected chi connectivity index (χ1v) is 5.46. The predicted octanol–water partition coefficient (Wildman–Crippen LogP) is 2.17. The van der Waals surface area contributed by atoms with E-state index in [1.54, 1.807) is 0 Å². The van der Waals surface area contributed by atoms with E-state index >= 15 is 0 Å². The van der Waals surface area contributed by atoms with Crippen LogP contribution in [0.1, 0.15) is 38.5 Å². The van der Waals surface area contributed by atoms with E-state index in [0.29, 0.717) is 25.4 Å². The van der Waals surface area contributed by atoms with Gasteiger partial charge in [0.15, 0.2) is 0 Å². The van der Waals surface area contributed by atoms with Gasteiger partial charge >= 0.3 is 0 Å². The number of carbonyl (C=O) groups excluding carboxylic acids is 1. The van der Waals surface area contributed by atoms with Crippen molar-refractivity contribution in [3.05, 3.63) is 0 Å². The Morgan fingerprint density at radius 2 is 2.08 bits per heavy atom. The van der Waals surface area contributed by atoms with Gasteiger partial charge in [-0.05, 0) is 12.3 Å². The van der Waals surface area contributed by atoms with E-state index in [9.17, 15) is 4.79 Å². The molecule has 0 spiro atoms. The van der Waals surface area contributed by atoms with Crippen molar-refractivity contribution in [2.24, 2.45) is 11.8 Å². The molecule has 2 rings (SSSR count). The second-order valence-corrected chi connectivity index (χ2v) is 4.37. The van der Waals surface area contributed by atoms with Gasteiger partial charge in [0.05, 0.1) is 13.2 Å². The van der Waals surface area contributed by atoms with Gasteiger partial charge in [-0.15, -0.1) is 0 Å². The largest absolute Gasteiger partial charge is 0.380 e. The Bertz CT molecular complexity index is 183. The maximum Gasteiger partial charge on any atom is 0.140 e. The molecule has 0 amide bonds. The third kappa shape index (κ3) is 2.31. The quantitative estimate of drug-likeness (QED) is 0.654. The van der Waals surface area contributed by atoms with Crippen LogP contribution in [0.3, 0.4) is 0 Å². The Balaban J connectivity index is 1.81. The van der Waals surface area contributed by atoms with Crippen LogP contribution in [-0.4, -0.2) is 19.0 Å². The van der Waals surface area contributed by atoms with E-state index in [1.165, 1.54) is 25.7 Å². The Kier molecular flexibility index (Phi) is 2.99. The zero-order valence-corrected chi connectivity index (χ0v) is 8.13. The van der Waals surface area contributed by atoms with Crippen LogP contribution in [0.15, 0.2) is 0 Å². The van der Waals surface area contributed by atoms with Crippen LogP contribution < -0.4 is 0 Å². The normalized spacial score (nSPS) is 31.1. The van der Waals surface area contributed by atoms with Gasteiger partial charge in [0.25, 0.3) is 0 Å². The van der Waals surface area contributed by atoms with E-state index < -0.39 is 0 Å². The molecule has 2 nitrogen and oxygen atoms in total. The molecular formula is C11H18O2. The van der Waals surface area contributed by atoms with Gasteiger partial charge < -0.3 is 4.74 Å². The monoisotopic (exact) mass is 182 g/mol. The van der Waals surface area contributed by atoms with Crippen molar-refractivity contribution in [1.82, 2.24) is 0 Å². The first-order chi connectivity index (χ1) is 6.36. The molecule has 0 aromatic carbocycles. The van der Waals surface area contributed by atoms with Crippen LogP contribution in [0.2, 0.25) is 0 Å². The molecule has 0 radical (unpaired) electrons. The Morgan fingerprint density at radius 1 is 1.31 bits per heavy atom. The Morgan fingerprint density at radius 3 is 2.77 bits per heavy atom. The molecule has 1 saturated heterocycles. The summed E-state index contributed by atoms with van der Waals surface area (Å²) >= 11 is 0. The highest BCUT2D eigenvalue weighted by molar-refractivity contribution is 5.81. The summed E-state index contributed by atoms with van der Waals surface area (Å²) in [5.41, 5.74) is 0. The van der Waals surface area contributed by atoms with Gasteiger partial charge in [-0.1, -0.05) is 25.7 Å². The van der Waals surface area contributed by atoms with Crippen LogP contribution in [0.25, 0.3) is 0 Å². The molecular weight excluding hydrogens is 164 g/mol. The smallest absolute Gasteiger partial charge is 0.140 e. The van der Waals surface area contributed by atoms with Crippen molar-refractivity contribution < 1.29 is 9.53 Å². The van der Waals surface area contributed by atoms with Crippen molar-refractivity contribution in [3.63, 3.8) is 0 Å². The second-order valence-electron chi connectivity index (χ2n) is 4.37. The summed E-state index contributed by atoms with van der Waals surface area (Å²) in [6, 6.07) is 0. The minimum atomic E-state index is 0.233. The zero-order chi connectivity index (χ0) is 9.10. The van der Waals surface area contributed by atoms with Crippen LogP contribution in [-0.2, 0) is 9.53 Å². The summed E-state index contributed by atoms with van der Waals surface area (Å²) < 4.78 is 5.34. The minimum absolute atomic E-state index is 0.233. The number of hydrogen-bond acceptors (Lipinski definition) is 2. The van der Waals surface area contributed by atoms with E-state index in [-0.39, 0.29) is 5.92 Å². The topological polar surface area (TPSA) is 26.3 Å². The average molecular weight is 182 g/mol. The molecule has 1 heterocycles. The van der Waals surface area contributed by atoms with E-state index in [1.807, 2.05) is 0 Å². The lowest BCUT2D eigenvalue weighted by Crippen LogP contribution is -2.28. The lowest BCUT2D eigenvalue weighted by atomic mass is 9.89. The highest BCUT2D eigenvalue weighted by Crippen LogP contribution is 2.31. The molecule has 74 valence electrons. The summed E-state index contributed by atoms with van der Waals surface area (Å²) in [4.78, 5) is 11.5. The number of carbonyl (C=O) groups is 1. The standard InChI is InChI=1S/C11H18O2/c12-11-5-6-13-8-10(11)7-9-3-1-2-4-9/h9-10H,1-8H2. The molecule has 0 aromatic rings. The van der Waals surface area contributed by atoms with Crippen LogP contribution in [0.4, 0.5) is 0 Å². The van der Waals surface area contributed by atoms with E-state index in [2.05, 4.69) is 0 Å². The van der Waals surface area contributed by atoms with Gasteiger partial charge in [-0.2, -0.15) is 0 Å². The lowest BCUT2D eigenvalue weighted by molar-refractivity contribution is -0.131. The average Bonchev–Trinajstić information content (AvgIpc) is 2.61. The number of Topliss-reactive ketones (excluding diaryl/α,β-unsaturated/α-hetero) is 1. The summed E-state index contributed by atoms with van der Waals surface area (Å²) in [5.74, 6) is 1.49. The molecule has 0 aromatic heterocycles. The summed E-state index contributed by atoms with van der Waals surface area (Å²) in [6.07, 6.45) is 7.16. The zero-order valence-electron chi connectivity index (χ0n) is 8.13. The fourth-order valence-electron chi connectivity index (χ4n) is 2.54. The van der Waals surface area contributed by atoms with Gasteiger partial charge in [-0.25, -0.2) is 0 Å². The third-order valence-electron chi connectivity index (χ3n) is 3.36. The predicted molar refractivity (Wildman–Crippen MR) is 50.5 cm³/mol. The van der Waals surface area contributed by atoms with Gasteiger partial charge in [0.1, 0.15) is 5.78 Å². The van der Waals surface area contributed by atoms with Crippen LogP contribution in [0, 0.1) is 11.8 Å². The minimum Gasteiger partial charge on any atom is -0.380 e. The molecule has 1 aliphatic heterocycles. The first kappa shape index (κ1) is 9.20. The molecule has 0 bridgehead atoms. The van der Waals surface area contributed by atoms with Gasteiger partial charge in [0, 0.05) is 12.3 Å². The lowest BCUT2D eigenvalue weighted by Gasteiger charge is -2.23. The second kappa shape index (κ2) is 4.23. The van der Waals surface area contributed by atoms with E-state index in [4.69, 9.17) is 4.74 Å². The fourth-order valence-corrected chi connectivity index (χ4v) is 2.54. The van der Waals surface area contributed by atoms with Crippen molar-refractivity contribution in [3.8, 4) is 0 Å². The van der Waals surface area contributed by atoms with Gasteiger partial charge in [-0.3, -0.25) is 4.79 Å². The highest BCUT2D eigenvalue weighted by Gasteiger charge is 2.27. The molecule has 1 unspecified atom stereocenters. The molecule has 13 heavy (non-hydrogen) atoms. The van der Waals surface area contributed by atoms with Crippen molar-refractivity contribution in [2.45, 2.75) is 38.5 Å². The molecule has 2 aliphatic rings. The third-order valence-corrected chi connectivity index (χ3v) is 3.36. The number of ether oxygens (including phenoxy) is 1. The van der Waals surface area contributed by atoms with Crippen LogP contribution in [0.5, 0.6) is 0 Å². The maximum absolute atomic E-state index is 11.5. The molecule has 2 fully saturated rings. The molecule has 1 atom stereocenters. The Labute approximate surface area is 79.7 Å². The number of rotatable bonds is 2. The summed E-state index contributed by atoms with van der Waals surface area (Å²) in [7, 11) is 0. The SMILES string of the molecule is O=C1CCOCC1CC1CCCC1. The Hall–Kier alpha value is -0.370. The number of ketones is 1. The molecule has 1 saturated carbocycles. The van der Waals surface area contributed by atoms with Crippen molar-refractivity contribution in [1.29, 1.82) is 0 Å². The van der Waals surface area contributed by atoms with E-state index in [0.717, 1.165) is 12.3 Å². The number of hydrogen-bond donors (Lipinski definition) is 0.